The van der Waals surface area contributed by atoms with E-state index in [9.17, 15) is 4.79 Å². The van der Waals surface area contributed by atoms with Crippen LogP contribution >= 0.6 is 46.6 Å². The van der Waals surface area contributed by atoms with Crippen LogP contribution in [0.2, 0.25) is 0 Å². The van der Waals surface area contributed by atoms with Gasteiger partial charge in [0.1, 0.15) is 11.0 Å². The first-order valence-electron chi connectivity index (χ1n) is 11.1. The van der Waals surface area contributed by atoms with Gasteiger partial charge >= 0.3 is 0 Å². The molecule has 1 atom stereocenters. The van der Waals surface area contributed by atoms with Crippen molar-refractivity contribution in [1.29, 1.82) is 0 Å². The molecule has 4 aromatic rings. The fourth-order valence-corrected chi connectivity index (χ4v) is 5.13. The molecule has 0 aromatic heterocycles. The van der Waals surface area contributed by atoms with E-state index in [0.717, 1.165) is 31.1 Å². The maximum Gasteiger partial charge on any atom is 0.242 e. The summed E-state index contributed by atoms with van der Waals surface area (Å²) in [6.07, 6.45) is 0. The molecule has 4 aromatic carbocycles. The van der Waals surface area contributed by atoms with Gasteiger partial charge in [0.2, 0.25) is 5.91 Å². The van der Waals surface area contributed by atoms with Crippen LogP contribution in [-0.4, -0.2) is 18.1 Å². The SMILES string of the molecule is COc1ccccc1NC(=S)Nc1cccc(SC(C(=O)Nc2ccc(I)cc2)c2ccccc2)c1. The van der Waals surface area contributed by atoms with Crippen molar-refractivity contribution in [2.75, 3.05) is 23.1 Å². The Morgan fingerprint density at radius 1 is 0.833 bits per heavy atom. The number of ether oxygens (including phenoxy) is 1. The van der Waals surface area contributed by atoms with E-state index in [0.29, 0.717) is 10.9 Å². The third kappa shape index (κ3) is 7.22. The van der Waals surface area contributed by atoms with Crippen LogP contribution in [0.1, 0.15) is 10.8 Å². The molecule has 0 bridgehead atoms. The molecule has 182 valence electrons. The van der Waals surface area contributed by atoms with E-state index in [1.165, 1.54) is 11.8 Å². The molecule has 0 aliphatic heterocycles. The number of nitrogens with one attached hydrogen (secondary N) is 3. The number of thioether (sulfide) groups is 1. The highest BCUT2D eigenvalue weighted by Crippen LogP contribution is 2.37. The van der Waals surface area contributed by atoms with Crippen LogP contribution < -0.4 is 20.7 Å². The Labute approximate surface area is 234 Å². The minimum Gasteiger partial charge on any atom is -0.495 e. The lowest BCUT2D eigenvalue weighted by molar-refractivity contribution is -0.115. The zero-order valence-electron chi connectivity index (χ0n) is 19.4. The highest BCUT2D eigenvalue weighted by Gasteiger charge is 2.22. The third-order valence-electron chi connectivity index (χ3n) is 5.15. The van der Waals surface area contributed by atoms with Gasteiger partial charge in [0, 0.05) is 19.8 Å². The molecular weight excluding hydrogens is 601 g/mol. The number of hydrogen-bond donors (Lipinski definition) is 3. The average molecular weight is 626 g/mol. The summed E-state index contributed by atoms with van der Waals surface area (Å²) >= 11 is 9.24. The molecule has 0 spiro atoms. The minimum absolute atomic E-state index is 0.0841. The maximum absolute atomic E-state index is 13.3. The van der Waals surface area contributed by atoms with E-state index < -0.39 is 5.25 Å². The van der Waals surface area contributed by atoms with Gasteiger partial charge < -0.3 is 20.7 Å². The number of anilines is 3. The molecule has 0 heterocycles. The van der Waals surface area contributed by atoms with Crippen LogP contribution in [0.25, 0.3) is 0 Å². The maximum atomic E-state index is 13.3. The van der Waals surface area contributed by atoms with Crippen molar-refractivity contribution < 1.29 is 9.53 Å². The van der Waals surface area contributed by atoms with E-state index in [4.69, 9.17) is 17.0 Å². The smallest absolute Gasteiger partial charge is 0.242 e. The summed E-state index contributed by atoms with van der Waals surface area (Å²) in [5.41, 5.74) is 3.29. The highest BCUT2D eigenvalue weighted by atomic mass is 127. The van der Waals surface area contributed by atoms with Crippen molar-refractivity contribution in [1.82, 2.24) is 0 Å². The molecule has 0 radical (unpaired) electrons. The predicted octanol–water partition coefficient (Wildman–Crippen LogP) is 7.58. The molecule has 4 rings (SSSR count). The topological polar surface area (TPSA) is 62.4 Å². The molecule has 1 unspecified atom stereocenters. The third-order valence-corrected chi connectivity index (χ3v) is 7.32. The fourth-order valence-electron chi connectivity index (χ4n) is 3.46. The summed E-state index contributed by atoms with van der Waals surface area (Å²) in [5.74, 6) is 0.620. The number of rotatable bonds is 8. The van der Waals surface area contributed by atoms with Crippen LogP contribution in [-0.2, 0) is 4.79 Å². The summed E-state index contributed by atoms with van der Waals surface area (Å²) in [6, 6.07) is 33.0. The lowest BCUT2D eigenvalue weighted by Gasteiger charge is -2.18. The standard InChI is InChI=1S/C28H24IN3O2S2/c1-34-25-13-6-5-12-24(25)32-28(35)31-22-10-7-11-23(18-22)36-26(19-8-3-2-4-9-19)27(33)30-21-16-14-20(29)15-17-21/h2-18,26H,1H3,(H,30,33)(H2,31,32,35). The second-order valence-electron chi connectivity index (χ2n) is 7.71. The van der Waals surface area contributed by atoms with E-state index in [1.54, 1.807) is 7.11 Å². The Balaban J connectivity index is 1.49. The van der Waals surface area contributed by atoms with Crippen molar-refractivity contribution in [3.8, 4) is 5.75 Å². The lowest BCUT2D eigenvalue weighted by atomic mass is 10.1. The van der Waals surface area contributed by atoms with Crippen LogP contribution in [0.4, 0.5) is 17.1 Å². The Morgan fingerprint density at radius 3 is 2.31 bits per heavy atom. The Morgan fingerprint density at radius 2 is 1.56 bits per heavy atom. The number of halogens is 1. The highest BCUT2D eigenvalue weighted by molar-refractivity contribution is 14.1. The molecule has 0 aliphatic rings. The van der Waals surface area contributed by atoms with Gasteiger partial charge in [-0.3, -0.25) is 4.79 Å². The molecule has 0 saturated heterocycles. The zero-order valence-corrected chi connectivity index (χ0v) is 23.2. The Kier molecular flexibility index (Phi) is 9.21. The van der Waals surface area contributed by atoms with E-state index >= 15 is 0 Å². The number of carbonyl (C=O) groups excluding carboxylic acids is 1. The molecule has 1 amide bonds. The minimum atomic E-state index is -0.431. The molecule has 8 heteroatoms. The van der Waals surface area contributed by atoms with Gasteiger partial charge in [-0.1, -0.05) is 48.5 Å². The predicted molar refractivity (Wildman–Crippen MR) is 162 cm³/mol. The van der Waals surface area contributed by atoms with Crippen molar-refractivity contribution in [2.45, 2.75) is 10.1 Å². The van der Waals surface area contributed by atoms with Crippen molar-refractivity contribution >= 4 is 74.7 Å². The molecule has 5 nitrogen and oxygen atoms in total. The van der Waals surface area contributed by atoms with Crippen LogP contribution in [0, 0.1) is 3.57 Å². The molecular formula is C28H24IN3O2S2. The molecule has 0 saturated carbocycles. The summed E-state index contributed by atoms with van der Waals surface area (Å²) in [5, 5.41) is 9.45. The largest absolute Gasteiger partial charge is 0.495 e. The second-order valence-corrected chi connectivity index (χ2v) is 10.5. The molecule has 0 fully saturated rings. The number of para-hydroxylation sites is 2. The van der Waals surface area contributed by atoms with Crippen molar-refractivity contribution in [3.05, 3.63) is 112 Å². The molecule has 36 heavy (non-hydrogen) atoms. The first-order valence-corrected chi connectivity index (χ1v) is 13.5. The van der Waals surface area contributed by atoms with Gasteiger partial charge in [0.15, 0.2) is 5.11 Å². The van der Waals surface area contributed by atoms with Crippen LogP contribution in [0.3, 0.4) is 0 Å². The first-order chi connectivity index (χ1) is 17.5. The summed E-state index contributed by atoms with van der Waals surface area (Å²) in [7, 11) is 1.62. The summed E-state index contributed by atoms with van der Waals surface area (Å²) in [6.45, 7) is 0. The van der Waals surface area contributed by atoms with Gasteiger partial charge in [-0.25, -0.2) is 0 Å². The van der Waals surface area contributed by atoms with Gasteiger partial charge in [0.05, 0.1) is 12.8 Å². The molecule has 3 N–H and O–H groups in total. The second kappa shape index (κ2) is 12.8. The zero-order chi connectivity index (χ0) is 25.3. The average Bonchev–Trinajstić information content (AvgIpc) is 2.89. The lowest BCUT2D eigenvalue weighted by Crippen LogP contribution is -2.20. The number of thiocarbonyl (C=S) groups is 1. The van der Waals surface area contributed by atoms with Gasteiger partial charge in [0.25, 0.3) is 0 Å². The van der Waals surface area contributed by atoms with Gasteiger partial charge in [-0.15, -0.1) is 11.8 Å². The number of hydrogen-bond acceptors (Lipinski definition) is 4. The Hall–Kier alpha value is -3.08. The number of amides is 1. The summed E-state index contributed by atoms with van der Waals surface area (Å²) in [4.78, 5) is 14.3. The molecule has 0 aliphatic carbocycles. The van der Waals surface area contributed by atoms with Crippen LogP contribution in [0.15, 0.2) is 108 Å². The first kappa shape index (κ1) is 26.0. The van der Waals surface area contributed by atoms with Crippen molar-refractivity contribution in [2.24, 2.45) is 0 Å². The number of benzene rings is 4. The Bertz CT molecular complexity index is 1330. The fraction of sp³-hybridized carbons (Fsp3) is 0.0714. The summed E-state index contributed by atoms with van der Waals surface area (Å²) < 4.78 is 6.49. The van der Waals surface area contributed by atoms with E-state index in [2.05, 4.69) is 38.5 Å². The van der Waals surface area contributed by atoms with Crippen LogP contribution in [0.5, 0.6) is 5.75 Å². The van der Waals surface area contributed by atoms with Gasteiger partial charge in [-0.05, 0) is 95.0 Å². The number of carbonyl (C=O) groups is 1. The quantitative estimate of drug-likeness (QED) is 0.107. The van der Waals surface area contributed by atoms with E-state index in [1.807, 2.05) is 103 Å². The van der Waals surface area contributed by atoms with Crippen molar-refractivity contribution in [3.63, 3.8) is 0 Å². The van der Waals surface area contributed by atoms with E-state index in [-0.39, 0.29) is 5.91 Å². The normalized spacial score (nSPS) is 11.3. The monoisotopic (exact) mass is 625 g/mol. The number of methoxy groups -OCH3 is 1. The van der Waals surface area contributed by atoms with Gasteiger partial charge in [-0.2, -0.15) is 0 Å².